The Kier molecular flexibility index (Phi) is 9.60. The third-order valence-corrected chi connectivity index (χ3v) is 5.46. The van der Waals surface area contributed by atoms with Gasteiger partial charge in [0.25, 0.3) is 0 Å². The molecule has 0 spiro atoms. The molecular weight excluding hydrogens is 524 g/mol. The molecule has 0 aliphatic carbocycles. The highest BCUT2D eigenvalue weighted by atomic mass is 127. The highest BCUT2D eigenvalue weighted by molar-refractivity contribution is 14.0. The number of nitrogens with one attached hydrogen (secondary N) is 3. The van der Waals surface area contributed by atoms with Crippen LogP contribution in [-0.4, -0.2) is 60.8 Å². The first-order valence-corrected chi connectivity index (χ1v) is 10.9. The predicted octanol–water partition coefficient (Wildman–Crippen LogP) is 4.28. The number of nitrogens with zero attached hydrogens (tertiary/aromatic N) is 2. The number of H-pyrrole nitrogens is 1. The number of carbonyl (C=O) groups excluding carboxylic acids is 1. The molecule has 0 atom stereocenters. The van der Waals surface area contributed by atoms with Crippen LogP contribution in [0.1, 0.15) is 39.2 Å². The van der Waals surface area contributed by atoms with Crippen molar-refractivity contribution in [3.8, 4) is 0 Å². The van der Waals surface area contributed by atoms with Crippen LogP contribution < -0.4 is 10.6 Å². The third kappa shape index (κ3) is 7.53. The van der Waals surface area contributed by atoms with Gasteiger partial charge in [0, 0.05) is 50.3 Å². The Morgan fingerprint density at radius 3 is 2.66 bits per heavy atom. The topological polar surface area (TPSA) is 81.8 Å². The van der Waals surface area contributed by atoms with E-state index in [1.165, 1.54) is 12.1 Å². The van der Waals surface area contributed by atoms with Crippen molar-refractivity contribution in [2.24, 2.45) is 10.9 Å². The normalized spacial score (nSPS) is 15.4. The molecule has 1 saturated heterocycles. The summed E-state index contributed by atoms with van der Waals surface area (Å²) in [5.74, 6) is 1.02. The van der Waals surface area contributed by atoms with Crippen molar-refractivity contribution in [3.63, 3.8) is 0 Å². The number of amides is 1. The molecule has 0 bridgehead atoms. The Balaban J connectivity index is 0.00000363. The Hall–Kier alpha value is -2.04. The van der Waals surface area contributed by atoms with Gasteiger partial charge in [0.1, 0.15) is 11.4 Å². The van der Waals surface area contributed by atoms with E-state index in [9.17, 15) is 9.18 Å². The molecule has 1 aliphatic heterocycles. The number of carbonyl (C=O) groups is 1. The molecule has 2 aromatic rings. The lowest BCUT2D eigenvalue weighted by molar-refractivity contribution is 0.0185. The molecule has 0 saturated carbocycles. The van der Waals surface area contributed by atoms with Gasteiger partial charge in [-0.05, 0) is 69.7 Å². The van der Waals surface area contributed by atoms with Crippen LogP contribution in [0.15, 0.2) is 29.4 Å². The minimum atomic E-state index is -0.462. The van der Waals surface area contributed by atoms with Gasteiger partial charge >= 0.3 is 6.09 Å². The summed E-state index contributed by atoms with van der Waals surface area (Å²) < 4.78 is 18.8. The Bertz CT molecular complexity index is 917. The fourth-order valence-corrected chi connectivity index (χ4v) is 3.79. The monoisotopic (exact) mass is 559 g/mol. The minimum Gasteiger partial charge on any atom is -0.444 e. The van der Waals surface area contributed by atoms with Gasteiger partial charge in [-0.3, -0.25) is 4.99 Å². The van der Waals surface area contributed by atoms with Crippen molar-refractivity contribution < 1.29 is 13.9 Å². The van der Waals surface area contributed by atoms with Crippen molar-refractivity contribution in [2.45, 2.75) is 45.6 Å². The largest absolute Gasteiger partial charge is 0.444 e. The number of piperidine rings is 1. The summed E-state index contributed by atoms with van der Waals surface area (Å²) in [6.07, 6.45) is 4.39. The number of hydrogen-bond acceptors (Lipinski definition) is 3. The van der Waals surface area contributed by atoms with E-state index in [4.69, 9.17) is 4.74 Å². The third-order valence-electron chi connectivity index (χ3n) is 5.46. The lowest BCUT2D eigenvalue weighted by Crippen LogP contribution is -2.45. The van der Waals surface area contributed by atoms with E-state index in [0.717, 1.165) is 54.8 Å². The van der Waals surface area contributed by atoms with Gasteiger partial charge in [0.05, 0.1) is 0 Å². The number of aromatic amines is 1. The summed E-state index contributed by atoms with van der Waals surface area (Å²) in [7, 11) is 1.76. The molecule has 9 heteroatoms. The van der Waals surface area contributed by atoms with E-state index in [-0.39, 0.29) is 35.9 Å². The second-order valence-electron chi connectivity index (χ2n) is 9.04. The zero-order chi connectivity index (χ0) is 22.4. The van der Waals surface area contributed by atoms with Crippen LogP contribution in [0.25, 0.3) is 10.9 Å². The number of fused-ring (bicyclic) bond motifs is 1. The smallest absolute Gasteiger partial charge is 0.410 e. The molecule has 0 unspecified atom stereocenters. The molecule has 7 nitrogen and oxygen atoms in total. The molecule has 3 N–H and O–H groups in total. The van der Waals surface area contributed by atoms with E-state index in [0.29, 0.717) is 19.0 Å². The van der Waals surface area contributed by atoms with Gasteiger partial charge in [-0.25, -0.2) is 9.18 Å². The first-order chi connectivity index (χ1) is 14.7. The summed E-state index contributed by atoms with van der Waals surface area (Å²) in [4.78, 5) is 21.4. The van der Waals surface area contributed by atoms with Crippen molar-refractivity contribution in [2.75, 3.05) is 33.2 Å². The molecule has 1 aromatic heterocycles. The highest BCUT2D eigenvalue weighted by Crippen LogP contribution is 2.20. The number of aliphatic imine (C=N–C) groups is 1. The van der Waals surface area contributed by atoms with Crippen molar-refractivity contribution in [3.05, 3.63) is 35.8 Å². The van der Waals surface area contributed by atoms with Crippen molar-refractivity contribution >= 4 is 46.9 Å². The van der Waals surface area contributed by atoms with Gasteiger partial charge < -0.3 is 25.3 Å². The van der Waals surface area contributed by atoms with Crippen LogP contribution in [0.3, 0.4) is 0 Å². The molecular formula is C23H35FIN5O2. The van der Waals surface area contributed by atoms with Gasteiger partial charge in [-0.1, -0.05) is 0 Å². The van der Waals surface area contributed by atoms with Crippen LogP contribution in [0.2, 0.25) is 0 Å². The van der Waals surface area contributed by atoms with Gasteiger partial charge in [0.15, 0.2) is 5.96 Å². The summed E-state index contributed by atoms with van der Waals surface area (Å²) in [5.41, 5.74) is 1.50. The van der Waals surface area contributed by atoms with Crippen molar-refractivity contribution in [1.29, 1.82) is 0 Å². The zero-order valence-corrected chi connectivity index (χ0v) is 21.7. The fourth-order valence-electron chi connectivity index (χ4n) is 3.79. The average molecular weight is 559 g/mol. The van der Waals surface area contributed by atoms with E-state index in [1.807, 2.05) is 33.0 Å². The highest BCUT2D eigenvalue weighted by Gasteiger charge is 2.26. The number of guanidine groups is 1. The summed E-state index contributed by atoms with van der Waals surface area (Å²) in [6.45, 7) is 8.63. The number of rotatable bonds is 5. The summed E-state index contributed by atoms with van der Waals surface area (Å²) in [5, 5.41) is 7.78. The number of hydrogen-bond donors (Lipinski definition) is 3. The van der Waals surface area contributed by atoms with E-state index in [2.05, 4.69) is 20.6 Å². The lowest BCUT2D eigenvalue weighted by atomic mass is 9.97. The van der Waals surface area contributed by atoms with Crippen LogP contribution in [0.5, 0.6) is 0 Å². The van der Waals surface area contributed by atoms with Gasteiger partial charge in [0.2, 0.25) is 0 Å². The number of ether oxygens (including phenoxy) is 1. The van der Waals surface area contributed by atoms with E-state index >= 15 is 0 Å². The minimum absolute atomic E-state index is 0. The van der Waals surface area contributed by atoms with E-state index < -0.39 is 5.60 Å². The molecule has 1 fully saturated rings. The van der Waals surface area contributed by atoms with Crippen LogP contribution in [0, 0.1) is 11.7 Å². The summed E-state index contributed by atoms with van der Waals surface area (Å²) >= 11 is 0. The maximum atomic E-state index is 13.3. The standard InChI is InChI=1S/C23H34FN5O2.HI/c1-23(2,3)31-22(30)29-11-8-16(9-12-29)14-28-21(25-4)26-10-7-17-15-27-20-13-18(24)5-6-19(17)20;/h5-6,13,15-16,27H,7-12,14H2,1-4H3,(H2,25,26,28);1H. The molecule has 3 rings (SSSR count). The van der Waals surface area contributed by atoms with Gasteiger partial charge in [-0.15, -0.1) is 24.0 Å². The maximum absolute atomic E-state index is 13.3. The number of halogens is 2. The zero-order valence-electron chi connectivity index (χ0n) is 19.3. The molecule has 0 radical (unpaired) electrons. The van der Waals surface area contributed by atoms with Crippen LogP contribution >= 0.6 is 24.0 Å². The first kappa shape index (κ1) is 26.2. The van der Waals surface area contributed by atoms with E-state index in [1.54, 1.807) is 11.9 Å². The fraction of sp³-hybridized carbons (Fsp3) is 0.565. The number of likely N-dealkylation sites (tertiary alicyclic amines) is 1. The molecule has 1 amide bonds. The molecule has 2 heterocycles. The number of aromatic nitrogens is 1. The Morgan fingerprint density at radius 1 is 1.28 bits per heavy atom. The van der Waals surface area contributed by atoms with Gasteiger partial charge in [-0.2, -0.15) is 0 Å². The summed E-state index contributed by atoms with van der Waals surface area (Å²) in [6, 6.07) is 4.82. The maximum Gasteiger partial charge on any atom is 0.410 e. The second kappa shape index (κ2) is 11.7. The Labute approximate surface area is 206 Å². The molecule has 178 valence electrons. The quantitative estimate of drug-likeness (QED) is 0.290. The lowest BCUT2D eigenvalue weighted by Gasteiger charge is -2.33. The Morgan fingerprint density at radius 2 is 2.00 bits per heavy atom. The SMILES string of the molecule is CN=C(NCCc1c[nH]c2cc(F)ccc12)NCC1CCN(C(=O)OC(C)(C)C)CC1.I. The second-order valence-corrected chi connectivity index (χ2v) is 9.04. The average Bonchev–Trinajstić information content (AvgIpc) is 3.11. The molecule has 32 heavy (non-hydrogen) atoms. The number of benzene rings is 1. The van der Waals surface area contributed by atoms with Crippen LogP contribution in [0.4, 0.5) is 9.18 Å². The molecule has 1 aliphatic rings. The van der Waals surface area contributed by atoms with Crippen molar-refractivity contribution in [1.82, 2.24) is 20.5 Å². The first-order valence-electron chi connectivity index (χ1n) is 10.9. The molecule has 1 aromatic carbocycles. The predicted molar refractivity (Wildman–Crippen MR) is 137 cm³/mol. The van der Waals surface area contributed by atoms with Crippen LogP contribution in [-0.2, 0) is 11.2 Å².